The Bertz CT molecular complexity index is 534. The van der Waals surface area contributed by atoms with Crippen LogP contribution in [-0.4, -0.2) is 45.2 Å². The highest BCUT2D eigenvalue weighted by molar-refractivity contribution is 5.69. The number of hydrogen-bond donors (Lipinski definition) is 2. The minimum Gasteiger partial charge on any atom is -0.449 e. The minimum absolute atomic E-state index is 0.0342. The van der Waals surface area contributed by atoms with Gasteiger partial charge in [0.1, 0.15) is 0 Å². The van der Waals surface area contributed by atoms with E-state index in [2.05, 4.69) is 44.6 Å². The summed E-state index contributed by atoms with van der Waals surface area (Å²) in [7, 11) is 0. The third kappa shape index (κ3) is 17.4. The first-order chi connectivity index (χ1) is 14.7. The summed E-state index contributed by atoms with van der Waals surface area (Å²) in [4.78, 5) is 23.8. The van der Waals surface area contributed by atoms with Gasteiger partial charge in [-0.25, -0.2) is 9.59 Å². The fourth-order valence-corrected chi connectivity index (χ4v) is 3.04. The van der Waals surface area contributed by atoms with E-state index in [4.69, 9.17) is 14.2 Å². The largest absolute Gasteiger partial charge is 0.449 e. The highest BCUT2D eigenvalue weighted by Crippen LogP contribution is 2.27. The second-order valence-corrected chi connectivity index (χ2v) is 8.68. The number of hydrogen-bond acceptors (Lipinski definition) is 5. The molecule has 0 fully saturated rings. The van der Waals surface area contributed by atoms with E-state index >= 15 is 0 Å². The molecule has 31 heavy (non-hydrogen) atoms. The molecule has 0 radical (unpaired) electrons. The highest BCUT2D eigenvalue weighted by Gasteiger charge is 2.24. The van der Waals surface area contributed by atoms with Crippen molar-refractivity contribution >= 4 is 12.2 Å². The molecule has 1 unspecified atom stereocenters. The molecular weight excluding hydrogens is 396 g/mol. The predicted molar refractivity (Wildman–Crippen MR) is 125 cm³/mol. The maximum absolute atomic E-state index is 11.9. The Hall–Kier alpha value is -2.02. The molecule has 0 saturated carbocycles. The molecule has 0 spiro atoms. The lowest BCUT2D eigenvalue weighted by molar-refractivity contribution is 0.111. The van der Waals surface area contributed by atoms with Crippen LogP contribution in [-0.2, 0) is 14.2 Å². The zero-order chi connectivity index (χ0) is 23.5. The molecule has 0 aromatic rings. The standard InChI is InChI=1S/C24H44N2O5/c1-7-9-10-11-12-16-31-23(28)26-21(4)20(3)18-24(5,6)19-25-22(27)30-17-13-15-29-14-8-2/h8,20H,2,4,7,9-19H2,1,3,5-6H3,(H,25,27)(H,26,28). The summed E-state index contributed by atoms with van der Waals surface area (Å²) in [5.41, 5.74) is 0.422. The van der Waals surface area contributed by atoms with E-state index in [1.807, 2.05) is 6.92 Å². The summed E-state index contributed by atoms with van der Waals surface area (Å²) in [6, 6.07) is 0. The van der Waals surface area contributed by atoms with Crippen molar-refractivity contribution in [2.24, 2.45) is 11.3 Å². The van der Waals surface area contributed by atoms with E-state index in [-0.39, 0.29) is 11.3 Å². The summed E-state index contributed by atoms with van der Waals surface area (Å²) < 4.78 is 15.6. The number of carbonyl (C=O) groups excluding carboxylic acids is 2. The van der Waals surface area contributed by atoms with Crippen molar-refractivity contribution < 1.29 is 23.8 Å². The summed E-state index contributed by atoms with van der Waals surface area (Å²) in [6.45, 7) is 18.0. The van der Waals surface area contributed by atoms with Gasteiger partial charge in [-0.3, -0.25) is 5.32 Å². The fraction of sp³-hybridized carbons (Fsp3) is 0.750. The molecule has 180 valence electrons. The van der Waals surface area contributed by atoms with Crippen LogP contribution in [0.15, 0.2) is 24.9 Å². The van der Waals surface area contributed by atoms with Crippen LogP contribution in [0.4, 0.5) is 9.59 Å². The highest BCUT2D eigenvalue weighted by atomic mass is 16.6. The number of unbranched alkanes of at least 4 members (excludes halogenated alkanes) is 4. The van der Waals surface area contributed by atoms with Gasteiger partial charge in [0.05, 0.1) is 26.4 Å². The molecule has 0 bridgehead atoms. The van der Waals surface area contributed by atoms with Crippen LogP contribution in [0, 0.1) is 11.3 Å². The van der Waals surface area contributed by atoms with Gasteiger partial charge in [0.25, 0.3) is 0 Å². The van der Waals surface area contributed by atoms with Crippen LogP contribution in [0.5, 0.6) is 0 Å². The van der Waals surface area contributed by atoms with E-state index in [9.17, 15) is 9.59 Å². The van der Waals surface area contributed by atoms with Crippen LogP contribution in [0.1, 0.15) is 72.6 Å². The van der Waals surface area contributed by atoms with Crippen molar-refractivity contribution in [3.05, 3.63) is 24.9 Å². The molecule has 0 aliphatic heterocycles. The van der Waals surface area contributed by atoms with Crippen LogP contribution in [0.25, 0.3) is 0 Å². The zero-order valence-electron chi connectivity index (χ0n) is 20.1. The molecule has 1 atom stereocenters. The summed E-state index contributed by atoms with van der Waals surface area (Å²) in [5, 5.41) is 5.53. The summed E-state index contributed by atoms with van der Waals surface area (Å²) >= 11 is 0. The Balaban J connectivity index is 4.04. The van der Waals surface area contributed by atoms with Crippen molar-refractivity contribution in [2.75, 3.05) is 33.0 Å². The van der Waals surface area contributed by atoms with Gasteiger partial charge in [0, 0.05) is 18.7 Å². The second-order valence-electron chi connectivity index (χ2n) is 8.68. The number of alkyl carbamates (subject to hydrolysis) is 2. The molecular formula is C24H44N2O5. The molecule has 0 saturated heterocycles. The lowest BCUT2D eigenvalue weighted by Crippen LogP contribution is -2.36. The molecule has 0 heterocycles. The minimum atomic E-state index is -0.455. The maximum Gasteiger partial charge on any atom is 0.411 e. The van der Waals surface area contributed by atoms with Gasteiger partial charge in [0.2, 0.25) is 0 Å². The van der Waals surface area contributed by atoms with Crippen molar-refractivity contribution in [2.45, 2.75) is 72.6 Å². The van der Waals surface area contributed by atoms with E-state index < -0.39 is 12.2 Å². The molecule has 0 aromatic heterocycles. The van der Waals surface area contributed by atoms with Gasteiger partial charge in [-0.2, -0.15) is 0 Å². The molecule has 0 aliphatic rings. The van der Waals surface area contributed by atoms with Crippen molar-refractivity contribution in [3.8, 4) is 0 Å². The van der Waals surface area contributed by atoms with Crippen molar-refractivity contribution in [1.29, 1.82) is 0 Å². The first-order valence-corrected chi connectivity index (χ1v) is 11.4. The van der Waals surface area contributed by atoms with Gasteiger partial charge in [-0.15, -0.1) is 6.58 Å². The number of nitrogens with one attached hydrogen (secondary N) is 2. The third-order valence-electron chi connectivity index (χ3n) is 4.81. The van der Waals surface area contributed by atoms with E-state index in [1.165, 1.54) is 19.3 Å². The topological polar surface area (TPSA) is 85.9 Å². The first kappa shape index (κ1) is 29.0. The molecule has 0 rings (SSSR count). The predicted octanol–water partition coefficient (Wildman–Crippen LogP) is 5.57. The van der Waals surface area contributed by atoms with Crippen LogP contribution in [0.3, 0.4) is 0 Å². The Morgan fingerprint density at radius 2 is 1.65 bits per heavy atom. The van der Waals surface area contributed by atoms with Crippen molar-refractivity contribution in [3.63, 3.8) is 0 Å². The smallest absolute Gasteiger partial charge is 0.411 e. The van der Waals surface area contributed by atoms with Crippen LogP contribution in [0.2, 0.25) is 0 Å². The van der Waals surface area contributed by atoms with Gasteiger partial charge in [-0.1, -0.05) is 66.0 Å². The van der Waals surface area contributed by atoms with Crippen LogP contribution >= 0.6 is 0 Å². The average Bonchev–Trinajstić information content (AvgIpc) is 2.71. The molecule has 7 heteroatoms. The van der Waals surface area contributed by atoms with Gasteiger partial charge in [-0.05, 0) is 24.2 Å². The number of carbonyl (C=O) groups is 2. The first-order valence-electron chi connectivity index (χ1n) is 11.4. The van der Waals surface area contributed by atoms with Crippen molar-refractivity contribution in [1.82, 2.24) is 10.6 Å². The lowest BCUT2D eigenvalue weighted by Gasteiger charge is -2.29. The molecule has 0 aromatic carbocycles. The third-order valence-corrected chi connectivity index (χ3v) is 4.81. The van der Waals surface area contributed by atoms with E-state index in [0.717, 1.165) is 19.3 Å². The maximum atomic E-state index is 11.9. The van der Waals surface area contributed by atoms with Gasteiger partial charge >= 0.3 is 12.2 Å². The Morgan fingerprint density at radius 3 is 2.32 bits per heavy atom. The molecule has 0 aliphatic carbocycles. The Kier molecular flexibility index (Phi) is 16.5. The Labute approximate surface area is 189 Å². The summed E-state index contributed by atoms with van der Waals surface area (Å²) in [5.74, 6) is 0.0342. The Morgan fingerprint density at radius 1 is 1.00 bits per heavy atom. The molecule has 2 N–H and O–H groups in total. The zero-order valence-corrected chi connectivity index (χ0v) is 20.1. The lowest BCUT2D eigenvalue weighted by atomic mass is 9.82. The second kappa shape index (κ2) is 17.6. The number of ether oxygens (including phenoxy) is 3. The normalized spacial score (nSPS) is 12.0. The average molecular weight is 441 g/mol. The monoisotopic (exact) mass is 440 g/mol. The van der Waals surface area contributed by atoms with E-state index in [0.29, 0.717) is 45.1 Å². The van der Waals surface area contributed by atoms with Gasteiger partial charge in [0.15, 0.2) is 0 Å². The molecule has 7 nitrogen and oxygen atoms in total. The number of amides is 2. The summed E-state index contributed by atoms with van der Waals surface area (Å²) in [6.07, 6.45) is 7.70. The fourth-order valence-electron chi connectivity index (χ4n) is 3.04. The van der Waals surface area contributed by atoms with Crippen LogP contribution < -0.4 is 10.6 Å². The SMILES string of the molecule is C=CCOCCCOC(=O)NCC(C)(C)CC(C)C(=C)NC(=O)OCCCCCCC. The molecule has 2 amide bonds. The quantitative estimate of drug-likeness (QED) is 0.215. The van der Waals surface area contributed by atoms with Gasteiger partial charge < -0.3 is 19.5 Å². The number of rotatable bonds is 18. The van der Waals surface area contributed by atoms with E-state index in [1.54, 1.807) is 6.08 Å². The number of allylic oxidation sites excluding steroid dienone is 1.